The molecule has 1 fully saturated rings. The lowest BCUT2D eigenvalue weighted by Crippen LogP contribution is -2.48. The van der Waals surface area contributed by atoms with Gasteiger partial charge in [0.15, 0.2) is 0 Å². The molecule has 0 aromatic rings. The Kier molecular flexibility index (Phi) is 5.40. The fraction of sp³-hybridized carbons (Fsp3) is 0.923. The van der Waals surface area contributed by atoms with Gasteiger partial charge in [-0.15, -0.1) is 0 Å². The zero-order chi connectivity index (χ0) is 12.9. The highest BCUT2D eigenvalue weighted by Crippen LogP contribution is 2.31. The number of aliphatic hydroxyl groups excluding tert-OH is 1. The van der Waals surface area contributed by atoms with Gasteiger partial charge in [0.25, 0.3) is 0 Å². The van der Waals surface area contributed by atoms with Crippen LogP contribution in [-0.4, -0.2) is 41.7 Å². The van der Waals surface area contributed by atoms with E-state index >= 15 is 0 Å². The maximum atomic E-state index is 12.1. The summed E-state index contributed by atoms with van der Waals surface area (Å²) in [6.07, 6.45) is 5.30. The molecule has 0 aromatic heterocycles. The van der Waals surface area contributed by atoms with Crippen LogP contribution in [0.1, 0.15) is 45.4 Å². The van der Waals surface area contributed by atoms with Crippen LogP contribution in [0.2, 0.25) is 0 Å². The zero-order valence-corrected chi connectivity index (χ0v) is 11.1. The van der Waals surface area contributed by atoms with Gasteiger partial charge in [0.2, 0.25) is 5.91 Å². The average Bonchev–Trinajstić information content (AvgIpc) is 2.36. The molecule has 0 spiro atoms. The minimum atomic E-state index is -0.446. The van der Waals surface area contributed by atoms with Gasteiger partial charge >= 0.3 is 0 Å². The lowest BCUT2D eigenvalue weighted by Gasteiger charge is -2.36. The Balaban J connectivity index is 2.40. The number of carbonyl (C=O) groups is 1. The summed E-state index contributed by atoms with van der Waals surface area (Å²) in [6.45, 7) is 3.00. The molecule has 0 radical (unpaired) electrons. The van der Waals surface area contributed by atoms with Gasteiger partial charge in [0.05, 0.1) is 6.61 Å². The lowest BCUT2D eigenvalue weighted by molar-refractivity contribution is -0.135. The van der Waals surface area contributed by atoms with Crippen molar-refractivity contribution in [1.82, 2.24) is 4.90 Å². The summed E-state index contributed by atoms with van der Waals surface area (Å²) in [5, 5.41) is 9.18. The Labute approximate surface area is 104 Å². The van der Waals surface area contributed by atoms with E-state index in [1.807, 2.05) is 11.9 Å². The fourth-order valence-corrected chi connectivity index (χ4v) is 2.41. The monoisotopic (exact) mass is 242 g/mol. The van der Waals surface area contributed by atoms with Crippen molar-refractivity contribution in [2.75, 3.05) is 20.2 Å². The van der Waals surface area contributed by atoms with Gasteiger partial charge < -0.3 is 15.7 Å². The van der Waals surface area contributed by atoms with Crippen LogP contribution in [0, 0.1) is 5.92 Å². The Hall–Kier alpha value is -0.610. The van der Waals surface area contributed by atoms with Crippen molar-refractivity contribution in [3.63, 3.8) is 0 Å². The number of hydrogen-bond acceptors (Lipinski definition) is 3. The van der Waals surface area contributed by atoms with Crippen LogP contribution >= 0.6 is 0 Å². The molecule has 1 amide bonds. The number of carbonyl (C=O) groups excluding carboxylic acids is 1. The molecule has 1 aliphatic rings. The molecule has 3 N–H and O–H groups in total. The molecule has 100 valence electrons. The molecule has 17 heavy (non-hydrogen) atoms. The highest BCUT2D eigenvalue weighted by atomic mass is 16.3. The van der Waals surface area contributed by atoms with Gasteiger partial charge in [0.1, 0.15) is 0 Å². The van der Waals surface area contributed by atoms with Crippen molar-refractivity contribution in [1.29, 1.82) is 0 Å². The highest BCUT2D eigenvalue weighted by molar-refractivity contribution is 5.78. The first-order valence-electron chi connectivity index (χ1n) is 6.67. The van der Waals surface area contributed by atoms with E-state index in [9.17, 15) is 9.90 Å². The lowest BCUT2D eigenvalue weighted by atomic mass is 9.77. The van der Waals surface area contributed by atoms with Crippen molar-refractivity contribution in [3.8, 4) is 0 Å². The summed E-state index contributed by atoms with van der Waals surface area (Å²) < 4.78 is 0. The second-order valence-electron chi connectivity index (χ2n) is 5.41. The summed E-state index contributed by atoms with van der Waals surface area (Å²) in [5.41, 5.74) is 5.56. The normalized spacial score (nSPS) is 29.1. The molecule has 1 rings (SSSR count). The van der Waals surface area contributed by atoms with Crippen molar-refractivity contribution in [2.24, 2.45) is 11.7 Å². The molecule has 0 aromatic carbocycles. The molecular weight excluding hydrogens is 216 g/mol. The van der Waals surface area contributed by atoms with Gasteiger partial charge in [-0.1, -0.05) is 13.3 Å². The number of hydrogen-bond donors (Lipinski definition) is 2. The first-order chi connectivity index (χ1) is 8.02. The predicted molar refractivity (Wildman–Crippen MR) is 68.5 cm³/mol. The number of amides is 1. The van der Waals surface area contributed by atoms with E-state index in [0.29, 0.717) is 0 Å². The van der Waals surface area contributed by atoms with Crippen LogP contribution < -0.4 is 5.73 Å². The molecule has 0 saturated heterocycles. The van der Waals surface area contributed by atoms with Crippen molar-refractivity contribution in [3.05, 3.63) is 0 Å². The average molecular weight is 242 g/mol. The predicted octanol–water partition coefficient (Wildman–Crippen LogP) is 1.12. The molecule has 0 bridgehead atoms. The van der Waals surface area contributed by atoms with Gasteiger partial charge in [-0.25, -0.2) is 0 Å². The SMILES string of the molecule is CCCCN(C)C(=O)C1CCC(N)(CO)CC1. The third kappa shape index (κ3) is 3.96. The van der Waals surface area contributed by atoms with E-state index in [-0.39, 0.29) is 18.4 Å². The molecule has 4 heteroatoms. The van der Waals surface area contributed by atoms with Crippen LogP contribution in [-0.2, 0) is 4.79 Å². The quantitative estimate of drug-likeness (QED) is 0.759. The third-order valence-electron chi connectivity index (χ3n) is 3.87. The molecule has 0 aliphatic heterocycles. The largest absolute Gasteiger partial charge is 0.394 e. The molecule has 4 nitrogen and oxygen atoms in total. The standard InChI is InChI=1S/C13H26N2O2/c1-3-4-9-15(2)12(17)11-5-7-13(14,10-16)8-6-11/h11,16H,3-10,14H2,1-2H3. The van der Waals surface area contributed by atoms with Gasteiger partial charge in [-0.2, -0.15) is 0 Å². The summed E-state index contributed by atoms with van der Waals surface area (Å²) in [5.74, 6) is 0.360. The topological polar surface area (TPSA) is 66.6 Å². The Morgan fingerprint density at radius 3 is 2.53 bits per heavy atom. The summed E-state index contributed by atoms with van der Waals surface area (Å²) in [4.78, 5) is 14.0. The zero-order valence-electron chi connectivity index (χ0n) is 11.1. The number of nitrogens with two attached hydrogens (primary N) is 1. The molecule has 1 saturated carbocycles. The number of unbranched alkanes of at least 4 members (excludes halogenated alkanes) is 1. The van der Waals surface area contributed by atoms with Gasteiger partial charge in [0, 0.05) is 25.0 Å². The van der Waals surface area contributed by atoms with Crippen LogP contribution in [0.25, 0.3) is 0 Å². The van der Waals surface area contributed by atoms with Gasteiger partial charge in [-0.05, 0) is 32.1 Å². The Morgan fingerprint density at radius 2 is 2.06 bits per heavy atom. The Morgan fingerprint density at radius 1 is 1.47 bits per heavy atom. The number of rotatable bonds is 5. The van der Waals surface area contributed by atoms with Crippen LogP contribution in [0.4, 0.5) is 0 Å². The Bertz CT molecular complexity index is 248. The molecule has 1 aliphatic carbocycles. The first-order valence-corrected chi connectivity index (χ1v) is 6.67. The van der Waals surface area contributed by atoms with E-state index in [2.05, 4.69) is 6.92 Å². The second kappa shape index (κ2) is 6.36. The minimum Gasteiger partial charge on any atom is -0.394 e. The van der Waals surface area contributed by atoms with Crippen molar-refractivity contribution in [2.45, 2.75) is 51.0 Å². The smallest absolute Gasteiger partial charge is 0.225 e. The first kappa shape index (κ1) is 14.5. The summed E-state index contributed by atoms with van der Waals surface area (Å²) >= 11 is 0. The number of aliphatic hydroxyl groups is 1. The van der Waals surface area contributed by atoms with E-state index in [1.165, 1.54) is 0 Å². The van der Waals surface area contributed by atoms with Crippen LogP contribution in [0.5, 0.6) is 0 Å². The summed E-state index contributed by atoms with van der Waals surface area (Å²) in [6, 6.07) is 0. The van der Waals surface area contributed by atoms with E-state index < -0.39 is 5.54 Å². The van der Waals surface area contributed by atoms with E-state index in [1.54, 1.807) is 0 Å². The van der Waals surface area contributed by atoms with Crippen LogP contribution in [0.15, 0.2) is 0 Å². The van der Waals surface area contributed by atoms with Crippen LogP contribution in [0.3, 0.4) is 0 Å². The fourth-order valence-electron chi connectivity index (χ4n) is 2.41. The molecular formula is C13H26N2O2. The van der Waals surface area contributed by atoms with Crippen molar-refractivity contribution < 1.29 is 9.90 Å². The number of nitrogens with zero attached hydrogens (tertiary/aromatic N) is 1. The van der Waals surface area contributed by atoms with E-state index in [4.69, 9.17) is 5.73 Å². The highest BCUT2D eigenvalue weighted by Gasteiger charge is 2.34. The maximum Gasteiger partial charge on any atom is 0.225 e. The third-order valence-corrected chi connectivity index (χ3v) is 3.87. The minimum absolute atomic E-state index is 0.0274. The van der Waals surface area contributed by atoms with Gasteiger partial charge in [-0.3, -0.25) is 4.79 Å². The van der Waals surface area contributed by atoms with E-state index in [0.717, 1.165) is 45.1 Å². The molecule has 0 unspecified atom stereocenters. The second-order valence-corrected chi connectivity index (χ2v) is 5.41. The maximum absolute atomic E-state index is 12.1. The molecule has 0 heterocycles. The molecule has 0 atom stereocenters. The summed E-state index contributed by atoms with van der Waals surface area (Å²) in [7, 11) is 1.88. The van der Waals surface area contributed by atoms with Crippen molar-refractivity contribution >= 4 is 5.91 Å².